The molecule has 1 aromatic rings. The van der Waals surface area contributed by atoms with E-state index in [1.54, 1.807) is 0 Å². The smallest absolute Gasteiger partial charge is 0.129 e. The molecule has 2 aliphatic rings. The third kappa shape index (κ3) is 2.05. The maximum atomic E-state index is 5.37. The Balaban J connectivity index is 1.86. The summed E-state index contributed by atoms with van der Waals surface area (Å²) < 4.78 is 5.37. The van der Waals surface area contributed by atoms with Crippen LogP contribution in [0.25, 0.3) is 0 Å². The van der Waals surface area contributed by atoms with Crippen molar-refractivity contribution in [3.8, 4) is 0 Å². The number of rotatable bonds is 2. The number of ether oxygens (including phenoxy) is 1. The SMILES string of the molecule is Cc1cc(C2CC2)nc(N2CCOCC2)c1. The van der Waals surface area contributed by atoms with E-state index in [9.17, 15) is 0 Å². The summed E-state index contributed by atoms with van der Waals surface area (Å²) in [6.45, 7) is 5.77. The Morgan fingerprint density at radius 2 is 2.00 bits per heavy atom. The molecule has 2 fully saturated rings. The fourth-order valence-electron chi connectivity index (χ4n) is 2.22. The summed E-state index contributed by atoms with van der Waals surface area (Å²) >= 11 is 0. The minimum absolute atomic E-state index is 0.736. The quantitative estimate of drug-likeness (QED) is 0.760. The van der Waals surface area contributed by atoms with Gasteiger partial charge in [-0.15, -0.1) is 0 Å². The molecular formula is C13H18N2O. The van der Waals surface area contributed by atoms with Crippen molar-refractivity contribution < 1.29 is 4.74 Å². The van der Waals surface area contributed by atoms with Gasteiger partial charge < -0.3 is 9.64 Å². The lowest BCUT2D eigenvalue weighted by molar-refractivity contribution is 0.122. The van der Waals surface area contributed by atoms with Gasteiger partial charge in [-0.2, -0.15) is 0 Å². The number of nitrogens with zero attached hydrogens (tertiary/aromatic N) is 2. The van der Waals surface area contributed by atoms with Crippen molar-refractivity contribution in [1.29, 1.82) is 0 Å². The van der Waals surface area contributed by atoms with Crippen molar-refractivity contribution in [1.82, 2.24) is 4.98 Å². The Hall–Kier alpha value is -1.09. The molecule has 0 unspecified atom stereocenters. The Kier molecular flexibility index (Phi) is 2.56. The highest BCUT2D eigenvalue weighted by molar-refractivity contribution is 5.43. The van der Waals surface area contributed by atoms with Gasteiger partial charge in [0.15, 0.2) is 0 Å². The highest BCUT2D eigenvalue weighted by Crippen LogP contribution is 2.39. The minimum Gasteiger partial charge on any atom is -0.378 e. The number of hydrogen-bond acceptors (Lipinski definition) is 3. The summed E-state index contributed by atoms with van der Waals surface area (Å²) in [5.74, 6) is 1.88. The Bertz CT molecular complexity index is 382. The normalized spacial score (nSPS) is 21.2. The van der Waals surface area contributed by atoms with Crippen LogP contribution in [-0.2, 0) is 4.74 Å². The predicted octanol–water partition coefficient (Wildman–Crippen LogP) is 2.10. The van der Waals surface area contributed by atoms with Crippen LogP contribution in [0.5, 0.6) is 0 Å². The van der Waals surface area contributed by atoms with E-state index in [4.69, 9.17) is 9.72 Å². The molecule has 0 aromatic carbocycles. The van der Waals surface area contributed by atoms with Crippen LogP contribution in [0.2, 0.25) is 0 Å². The molecule has 1 saturated heterocycles. The van der Waals surface area contributed by atoms with E-state index in [-0.39, 0.29) is 0 Å². The second-order valence-electron chi connectivity index (χ2n) is 4.80. The molecule has 3 heteroatoms. The molecule has 1 saturated carbocycles. The van der Waals surface area contributed by atoms with Gasteiger partial charge in [-0.25, -0.2) is 4.98 Å². The molecule has 86 valence electrons. The second-order valence-corrected chi connectivity index (χ2v) is 4.80. The molecule has 0 atom stereocenters. The summed E-state index contributed by atoms with van der Waals surface area (Å²) in [4.78, 5) is 7.13. The number of morpholine rings is 1. The van der Waals surface area contributed by atoms with Gasteiger partial charge >= 0.3 is 0 Å². The fourth-order valence-corrected chi connectivity index (χ4v) is 2.22. The Morgan fingerprint density at radius 3 is 2.69 bits per heavy atom. The van der Waals surface area contributed by atoms with E-state index in [0.717, 1.165) is 38.0 Å². The molecule has 1 aromatic heterocycles. The highest BCUT2D eigenvalue weighted by Gasteiger charge is 2.26. The van der Waals surface area contributed by atoms with Crippen molar-refractivity contribution in [2.45, 2.75) is 25.7 Å². The highest BCUT2D eigenvalue weighted by atomic mass is 16.5. The molecular weight excluding hydrogens is 200 g/mol. The average Bonchev–Trinajstić information content (AvgIpc) is 3.13. The molecule has 1 aliphatic heterocycles. The number of hydrogen-bond donors (Lipinski definition) is 0. The van der Waals surface area contributed by atoms with Gasteiger partial charge in [0.05, 0.1) is 13.2 Å². The Morgan fingerprint density at radius 1 is 1.25 bits per heavy atom. The van der Waals surface area contributed by atoms with Gasteiger partial charge in [-0.05, 0) is 37.5 Å². The van der Waals surface area contributed by atoms with Gasteiger partial charge in [-0.3, -0.25) is 0 Å². The van der Waals surface area contributed by atoms with E-state index in [2.05, 4.69) is 24.0 Å². The maximum Gasteiger partial charge on any atom is 0.129 e. The summed E-state index contributed by atoms with van der Waals surface area (Å²) in [7, 11) is 0. The Labute approximate surface area is 96.4 Å². The zero-order chi connectivity index (χ0) is 11.0. The van der Waals surface area contributed by atoms with E-state index < -0.39 is 0 Å². The van der Waals surface area contributed by atoms with Gasteiger partial charge in [0.1, 0.15) is 5.82 Å². The average molecular weight is 218 g/mol. The maximum absolute atomic E-state index is 5.37. The molecule has 3 nitrogen and oxygen atoms in total. The van der Waals surface area contributed by atoms with Crippen LogP contribution >= 0.6 is 0 Å². The van der Waals surface area contributed by atoms with Gasteiger partial charge in [0.25, 0.3) is 0 Å². The number of aryl methyl sites for hydroxylation is 1. The minimum atomic E-state index is 0.736. The van der Waals surface area contributed by atoms with E-state index in [0.29, 0.717) is 0 Å². The topological polar surface area (TPSA) is 25.4 Å². The lowest BCUT2D eigenvalue weighted by Gasteiger charge is -2.28. The van der Waals surface area contributed by atoms with Crippen LogP contribution in [0.1, 0.15) is 30.0 Å². The lowest BCUT2D eigenvalue weighted by atomic mass is 10.2. The molecule has 16 heavy (non-hydrogen) atoms. The number of anilines is 1. The van der Waals surface area contributed by atoms with Crippen molar-refractivity contribution in [2.75, 3.05) is 31.2 Å². The monoisotopic (exact) mass is 218 g/mol. The second kappa shape index (κ2) is 4.06. The van der Waals surface area contributed by atoms with Crippen LogP contribution in [0.15, 0.2) is 12.1 Å². The molecule has 0 bridgehead atoms. The van der Waals surface area contributed by atoms with Gasteiger partial charge in [-0.1, -0.05) is 0 Å². The van der Waals surface area contributed by atoms with Crippen molar-refractivity contribution in [3.63, 3.8) is 0 Å². The summed E-state index contributed by atoms with van der Waals surface area (Å²) in [6, 6.07) is 4.43. The first-order valence-electron chi connectivity index (χ1n) is 6.14. The molecule has 3 rings (SSSR count). The van der Waals surface area contributed by atoms with Crippen molar-refractivity contribution in [2.24, 2.45) is 0 Å². The summed E-state index contributed by atoms with van der Waals surface area (Å²) in [5.41, 5.74) is 2.62. The number of aromatic nitrogens is 1. The van der Waals surface area contributed by atoms with E-state index in [1.807, 2.05) is 0 Å². The van der Waals surface area contributed by atoms with Crippen LogP contribution in [-0.4, -0.2) is 31.3 Å². The third-order valence-corrected chi connectivity index (χ3v) is 3.31. The van der Waals surface area contributed by atoms with Crippen LogP contribution in [0.4, 0.5) is 5.82 Å². The van der Waals surface area contributed by atoms with Crippen molar-refractivity contribution in [3.05, 3.63) is 23.4 Å². The fraction of sp³-hybridized carbons (Fsp3) is 0.615. The zero-order valence-electron chi connectivity index (χ0n) is 9.78. The van der Waals surface area contributed by atoms with Crippen molar-refractivity contribution >= 4 is 5.82 Å². The first kappa shape index (κ1) is 10.1. The van der Waals surface area contributed by atoms with E-state index >= 15 is 0 Å². The molecule has 0 N–H and O–H groups in total. The predicted molar refractivity (Wildman–Crippen MR) is 64.0 cm³/mol. The standard InChI is InChI=1S/C13H18N2O/c1-10-8-12(11-2-3-11)14-13(9-10)15-4-6-16-7-5-15/h8-9,11H,2-7H2,1H3. The number of pyridine rings is 1. The first-order chi connectivity index (χ1) is 7.83. The van der Waals surface area contributed by atoms with Gasteiger partial charge in [0, 0.05) is 24.7 Å². The summed E-state index contributed by atoms with van der Waals surface area (Å²) in [6.07, 6.45) is 2.64. The largest absolute Gasteiger partial charge is 0.378 e. The van der Waals surface area contributed by atoms with Gasteiger partial charge in [0.2, 0.25) is 0 Å². The molecule has 0 spiro atoms. The lowest BCUT2D eigenvalue weighted by Crippen LogP contribution is -2.36. The molecule has 1 aliphatic carbocycles. The summed E-state index contributed by atoms with van der Waals surface area (Å²) in [5, 5.41) is 0. The van der Waals surface area contributed by atoms with Crippen LogP contribution < -0.4 is 4.90 Å². The molecule has 0 amide bonds. The van der Waals surface area contributed by atoms with Crippen LogP contribution in [0.3, 0.4) is 0 Å². The third-order valence-electron chi connectivity index (χ3n) is 3.31. The van der Waals surface area contributed by atoms with E-state index in [1.165, 1.54) is 24.1 Å². The molecule has 0 radical (unpaired) electrons. The van der Waals surface area contributed by atoms with Crippen LogP contribution in [0, 0.1) is 6.92 Å². The molecule has 2 heterocycles. The zero-order valence-corrected chi connectivity index (χ0v) is 9.78. The first-order valence-corrected chi connectivity index (χ1v) is 6.14.